The van der Waals surface area contributed by atoms with Gasteiger partial charge in [-0.2, -0.15) is 0 Å². The van der Waals surface area contributed by atoms with Gasteiger partial charge in [0.1, 0.15) is 17.2 Å². The molecule has 0 radical (unpaired) electrons. The third-order valence-electron chi connectivity index (χ3n) is 19.6. The number of carboxylic acids is 1. The molecule has 0 spiro atoms. The second-order valence-electron chi connectivity index (χ2n) is 30.4. The number of esters is 5. The van der Waals surface area contributed by atoms with Crippen LogP contribution in [0.2, 0.25) is 0 Å². The van der Waals surface area contributed by atoms with Crippen molar-refractivity contribution in [2.45, 2.75) is 200 Å². The van der Waals surface area contributed by atoms with E-state index in [1.54, 1.807) is 76.1 Å². The first-order chi connectivity index (χ1) is 66.4. The largest absolute Gasteiger partial charge is 0.496 e. The molecule has 0 fully saturated rings. The van der Waals surface area contributed by atoms with E-state index in [1.807, 2.05) is 154 Å². The number of aromatic nitrogens is 3. The van der Waals surface area contributed by atoms with Gasteiger partial charge in [0.15, 0.2) is 5.96 Å². The summed E-state index contributed by atoms with van der Waals surface area (Å²) in [7, 11) is 19.0. The fraction of sp³-hybridized carbons (Fsp3) is 0.422. The average molecular weight is 2100 g/mol. The summed E-state index contributed by atoms with van der Waals surface area (Å²) >= 11 is 11.9. The number of halogens is 3. The minimum Gasteiger partial charge on any atom is -0.496 e. The van der Waals surface area contributed by atoms with Gasteiger partial charge in [0.2, 0.25) is 5.96 Å². The zero-order chi connectivity index (χ0) is 108. The molecule has 140 heavy (non-hydrogen) atoms. The van der Waals surface area contributed by atoms with Crippen molar-refractivity contribution in [3.63, 3.8) is 0 Å². The van der Waals surface area contributed by atoms with Gasteiger partial charge in [-0.1, -0.05) is 171 Å². The number of pyridine rings is 3. The molecular formula is C102H143Br2ClN14O21. The number of nitrogens with zero attached hydrogens (tertiary/aromatic N) is 11. The molecule has 38 heteroatoms. The third kappa shape index (κ3) is 40.7. The van der Waals surface area contributed by atoms with Gasteiger partial charge in [-0.05, 0) is 145 Å². The number of alkyl halides is 3. The van der Waals surface area contributed by atoms with Gasteiger partial charge in [0, 0.05) is 143 Å². The van der Waals surface area contributed by atoms with Crippen LogP contribution in [0, 0.1) is 77.3 Å². The van der Waals surface area contributed by atoms with Crippen LogP contribution in [0.1, 0.15) is 249 Å². The molecular weight excluding hydrogens is 1950 g/mol. The lowest BCUT2D eigenvalue weighted by molar-refractivity contribution is -0.385. The number of fused-ring (bicyclic) bond motifs is 2. The number of anilines is 1. The highest BCUT2D eigenvalue weighted by Crippen LogP contribution is 2.34. The number of carbonyl (C=O) groups excluding carboxylic acids is 5. The lowest BCUT2D eigenvalue weighted by Crippen LogP contribution is -2.41. The highest BCUT2D eigenvalue weighted by molar-refractivity contribution is 9.08. The van der Waals surface area contributed by atoms with Crippen molar-refractivity contribution in [2.24, 2.45) is 26.9 Å². The first kappa shape index (κ1) is 129. The molecule has 0 unspecified atom stereocenters. The van der Waals surface area contributed by atoms with E-state index in [1.165, 1.54) is 84.6 Å². The van der Waals surface area contributed by atoms with E-state index in [9.17, 15) is 59.1 Å². The van der Waals surface area contributed by atoms with E-state index >= 15 is 0 Å². The Balaban J connectivity index is 0. The molecule has 7 N–H and O–H groups in total. The van der Waals surface area contributed by atoms with Crippen LogP contribution < -0.4 is 31.4 Å². The number of nitro groups is 3. The molecule has 3 aromatic heterocycles. The number of aliphatic imine (C=N–C) groups is 2. The Hall–Kier alpha value is -13.3. The van der Waals surface area contributed by atoms with Gasteiger partial charge in [0.05, 0.1) is 140 Å². The quantitative estimate of drug-likeness (QED) is 0.0122. The number of methoxy groups -OCH3 is 8. The summed E-state index contributed by atoms with van der Waals surface area (Å²) in [4.78, 5) is 126. The minimum absolute atomic E-state index is 0.0234. The maximum absolute atomic E-state index is 11.8. The van der Waals surface area contributed by atoms with Crippen molar-refractivity contribution >= 4 is 125 Å². The molecule has 0 saturated heterocycles. The van der Waals surface area contributed by atoms with Crippen molar-refractivity contribution in [3.8, 4) is 17.2 Å². The molecule has 11 rings (SSSR count). The first-order valence-electron chi connectivity index (χ1n) is 44.9. The summed E-state index contributed by atoms with van der Waals surface area (Å²) < 4.78 is 39.2. The molecule has 5 heterocycles. The van der Waals surface area contributed by atoms with Crippen LogP contribution in [0.25, 0.3) is 0 Å². The number of carbonyl (C=O) groups is 6. The van der Waals surface area contributed by atoms with Crippen LogP contribution in [-0.4, -0.2) is 182 Å². The number of nitrogen functional groups attached to an aromatic ring is 1. The van der Waals surface area contributed by atoms with Gasteiger partial charge in [-0.3, -0.25) is 45.3 Å². The van der Waals surface area contributed by atoms with E-state index in [4.69, 9.17) is 52.1 Å². The third-order valence-corrected chi connectivity index (χ3v) is 21.1. The predicted octanol–water partition coefficient (Wildman–Crippen LogP) is 22.2. The highest BCUT2D eigenvalue weighted by Gasteiger charge is 2.26. The molecule has 35 nitrogen and oxygen atoms in total. The SMILES string of the molecule is CC.CC.CC.CC.CCCc1ccc(C(=O)OC)cc1N.CCCc1ccc(C(=O)OC)cc1[N+](=O)[O-].CN.COC(=O)c1ccc(CBr)c([N+](=O)[O-])c1.COC(=O)c1ccc2c(c1)N=C(N(C)Cc1ncc(C)c(OC)c1C)N(C)C2.COC(=O)c1ccc2c(c1)N=C(N)N(C)C2.COc1c(C)cnc(CC(C)(C)C)c1C.COc1c(C)cnc(CCl)c1C.O=C(O)c1ccc(CBr)c([N+](=O)[O-])c1. The number of aromatic carboxylic acids is 1. The van der Waals surface area contributed by atoms with E-state index in [0.29, 0.717) is 87.6 Å². The molecule has 0 bridgehead atoms. The van der Waals surface area contributed by atoms with Crippen LogP contribution in [-0.2, 0) is 79.1 Å². The first-order valence-corrected chi connectivity index (χ1v) is 47.6. The van der Waals surface area contributed by atoms with E-state index < -0.39 is 32.7 Å². The summed E-state index contributed by atoms with van der Waals surface area (Å²) in [6, 6.07) is 28.5. The Kier molecular flexibility index (Phi) is 62.5. The zero-order valence-corrected chi connectivity index (χ0v) is 90.7. The van der Waals surface area contributed by atoms with Gasteiger partial charge >= 0.3 is 35.8 Å². The van der Waals surface area contributed by atoms with E-state index in [-0.39, 0.29) is 57.1 Å². The van der Waals surface area contributed by atoms with E-state index in [0.717, 1.165) is 128 Å². The van der Waals surface area contributed by atoms with Crippen LogP contribution >= 0.6 is 43.5 Å². The van der Waals surface area contributed by atoms with Gasteiger partial charge < -0.3 is 74.9 Å². The number of ether oxygens (including phenoxy) is 8. The Morgan fingerprint density at radius 2 is 0.771 bits per heavy atom. The summed E-state index contributed by atoms with van der Waals surface area (Å²) in [5.41, 5.74) is 34.1. The standard InChI is InChI=1S/C21H26N4O3.C13H21NO.C11H13N3O2.C11H13NO4.C11H15NO2.C9H8BrNO4.C9H12ClNO.C8H6BrNO4.4C2H6.CH5N/c1-13-10-22-18(14(2)19(13)27-5)12-25(4)21-23-17-9-15(20(26)28-6)7-8-16(17)11-24(21)3;1-9-8-14-11(7-13(3,4)5)10(2)12(9)15-6;1-14-6-8-4-3-7(10(15)16-2)5-9(8)13-11(14)12;1-3-4-8-5-6-9(11(13)16-2)7-10(8)12(14)15;1-3-4-8-5-6-9(7-10(8)12)11(13)14-2;1-15-9(12)6-2-3-7(5-10)8(4-6)11(13)14;1-6-5-11-8(4-10)7(2)9(6)12-3;9-4-6-2-1-5(8(11)12)3-7(6)10(13)14;5*1-2/h7-10H,11-12H2,1-6H3;8H,7H2,1-6H3;3-5H,6H2,1-2H3,(H2,12,13);5-7H,3-4H2,1-2H3;5-7H,3-4,12H2,1-2H3;2-4H,5H2,1H3;5H,4H2,1-3H3;1-3H,4H2,(H,11,12);4*1-2H3;2H2,1H3. The topological polar surface area (TPSA) is 477 Å². The van der Waals surface area contributed by atoms with Crippen molar-refractivity contribution in [2.75, 3.05) is 90.8 Å². The second kappa shape index (κ2) is 67.9. The van der Waals surface area contributed by atoms with Crippen molar-refractivity contribution < 1.29 is 86.5 Å². The lowest BCUT2D eigenvalue weighted by atomic mass is 9.88. The number of carboxylic acid groups (broad SMARTS) is 1. The number of benzene rings is 6. The Morgan fingerprint density at radius 3 is 1.12 bits per heavy atom. The van der Waals surface area contributed by atoms with Gasteiger partial charge in [-0.15, -0.1) is 11.6 Å². The molecule has 0 atom stereocenters. The summed E-state index contributed by atoms with van der Waals surface area (Å²) in [5.74, 6) is 1.04. The number of hydrogen-bond donors (Lipinski definition) is 4. The molecule has 0 saturated carbocycles. The zero-order valence-electron chi connectivity index (χ0n) is 86.8. The number of rotatable bonds is 22. The fourth-order valence-corrected chi connectivity index (χ4v) is 14.1. The van der Waals surface area contributed by atoms with Gasteiger partial charge in [-0.25, -0.2) is 38.8 Å². The molecule has 9 aromatic rings. The number of hydrogen-bond acceptors (Lipinski definition) is 31. The molecule has 768 valence electrons. The minimum atomic E-state index is -1.17. The van der Waals surface area contributed by atoms with Crippen molar-refractivity contribution in [1.82, 2.24) is 29.7 Å². The van der Waals surface area contributed by atoms with E-state index in [2.05, 4.69) is 121 Å². The van der Waals surface area contributed by atoms with Crippen LogP contribution in [0.15, 0.2) is 138 Å². The monoisotopic (exact) mass is 2090 g/mol. The highest BCUT2D eigenvalue weighted by atomic mass is 79.9. The Morgan fingerprint density at radius 1 is 0.464 bits per heavy atom. The number of guanidine groups is 2. The molecule has 2 aliphatic heterocycles. The summed E-state index contributed by atoms with van der Waals surface area (Å²) in [6.45, 7) is 40.8. The smallest absolute Gasteiger partial charge is 0.338 e. The van der Waals surface area contributed by atoms with Gasteiger partial charge in [0.25, 0.3) is 17.1 Å². The number of nitro benzene ring substituents is 3. The lowest BCUT2D eigenvalue weighted by Gasteiger charge is -2.33. The number of nitrogens with two attached hydrogens (primary N) is 3. The summed E-state index contributed by atoms with van der Waals surface area (Å²) in [6.07, 6.45) is 9.91. The Labute approximate surface area is 846 Å². The summed E-state index contributed by atoms with van der Waals surface area (Å²) in [5, 5.41) is 41.3. The maximum Gasteiger partial charge on any atom is 0.338 e. The van der Waals surface area contributed by atoms with Crippen LogP contribution in [0.3, 0.4) is 0 Å². The molecule has 6 aromatic carbocycles. The molecule has 0 aliphatic carbocycles. The molecule has 0 amide bonds. The van der Waals surface area contributed by atoms with Crippen molar-refractivity contribution in [3.05, 3.63) is 275 Å². The second-order valence-corrected chi connectivity index (χ2v) is 31.8. The normalized spacial score (nSPS) is 10.7. The maximum atomic E-state index is 11.8. The fourth-order valence-electron chi connectivity index (χ4n) is 12.9. The molecule has 2 aliphatic rings. The Bertz CT molecular complexity index is 5580. The van der Waals surface area contributed by atoms with Crippen LogP contribution in [0.5, 0.6) is 17.2 Å². The van der Waals surface area contributed by atoms with Crippen LogP contribution in [0.4, 0.5) is 34.1 Å². The predicted molar refractivity (Wildman–Crippen MR) is 562 cm³/mol. The average Bonchev–Trinajstić information content (AvgIpc) is 0.792. The number of aryl methyl sites for hydroxylation is 5. The van der Waals surface area contributed by atoms with Crippen molar-refractivity contribution in [1.29, 1.82) is 0 Å².